The van der Waals surface area contributed by atoms with Gasteiger partial charge in [-0.05, 0) is 37.6 Å². The van der Waals surface area contributed by atoms with E-state index in [0.717, 1.165) is 38.2 Å². The van der Waals surface area contributed by atoms with Crippen molar-refractivity contribution in [2.45, 2.75) is 25.4 Å². The number of aliphatic hydroxyl groups is 1. The summed E-state index contributed by atoms with van der Waals surface area (Å²) >= 11 is 0. The van der Waals surface area contributed by atoms with Gasteiger partial charge in [-0.1, -0.05) is 0 Å². The molecule has 6 nitrogen and oxygen atoms in total. The van der Waals surface area contributed by atoms with Crippen LogP contribution in [0.15, 0.2) is 12.4 Å². The lowest BCUT2D eigenvalue weighted by Crippen LogP contribution is -2.37. The largest absolute Gasteiger partial charge is 0.401 e. The van der Waals surface area contributed by atoms with Crippen LogP contribution < -0.4 is 10.2 Å². The maximum Gasteiger partial charge on any atom is 0.401 e. The maximum atomic E-state index is 12.5. The van der Waals surface area contributed by atoms with Crippen LogP contribution in [0.25, 0.3) is 0 Å². The molecule has 2 N–H and O–H groups in total. The average molecular weight is 373 g/mol. The Morgan fingerprint density at radius 1 is 1.15 bits per heavy atom. The van der Waals surface area contributed by atoms with Crippen LogP contribution in [0.1, 0.15) is 19.3 Å². The van der Waals surface area contributed by atoms with E-state index in [1.165, 1.54) is 11.2 Å². The van der Waals surface area contributed by atoms with Crippen molar-refractivity contribution in [2.75, 3.05) is 56.1 Å². The first kappa shape index (κ1) is 19.2. The van der Waals surface area contributed by atoms with E-state index < -0.39 is 12.7 Å². The molecule has 3 heterocycles. The van der Waals surface area contributed by atoms with Gasteiger partial charge in [-0.15, -0.1) is 0 Å². The molecule has 9 heteroatoms. The van der Waals surface area contributed by atoms with Gasteiger partial charge in [0.15, 0.2) is 0 Å². The highest BCUT2D eigenvalue weighted by atomic mass is 19.4. The third kappa shape index (κ3) is 5.44. The number of likely N-dealkylation sites (tertiary alicyclic amines) is 1. The predicted octanol–water partition coefficient (Wildman–Crippen LogP) is 1.98. The SMILES string of the molecule is OCC1CCCN(c2cc(NCC3CCN(CC(F)(F)F)C3)ncn2)C1. The van der Waals surface area contributed by atoms with Crippen molar-refractivity contribution in [3.8, 4) is 0 Å². The molecule has 0 aliphatic carbocycles. The highest BCUT2D eigenvalue weighted by Crippen LogP contribution is 2.24. The van der Waals surface area contributed by atoms with Gasteiger partial charge in [0.2, 0.25) is 0 Å². The van der Waals surface area contributed by atoms with E-state index in [0.29, 0.717) is 25.5 Å². The molecule has 26 heavy (non-hydrogen) atoms. The monoisotopic (exact) mass is 373 g/mol. The Labute approximate surface area is 151 Å². The van der Waals surface area contributed by atoms with E-state index in [-0.39, 0.29) is 18.4 Å². The number of alkyl halides is 3. The summed E-state index contributed by atoms with van der Waals surface area (Å²) in [5, 5.41) is 12.6. The molecule has 2 aliphatic rings. The topological polar surface area (TPSA) is 64.5 Å². The lowest BCUT2D eigenvalue weighted by Gasteiger charge is -2.32. The van der Waals surface area contributed by atoms with E-state index in [1.54, 1.807) is 0 Å². The summed E-state index contributed by atoms with van der Waals surface area (Å²) in [7, 11) is 0. The zero-order chi connectivity index (χ0) is 18.6. The van der Waals surface area contributed by atoms with Crippen molar-refractivity contribution in [3.63, 3.8) is 0 Å². The van der Waals surface area contributed by atoms with Crippen molar-refractivity contribution in [1.82, 2.24) is 14.9 Å². The summed E-state index contributed by atoms with van der Waals surface area (Å²) in [6.45, 7) is 2.57. The Hall–Kier alpha value is -1.61. The summed E-state index contributed by atoms with van der Waals surface area (Å²) in [6.07, 6.45) is 0.176. The summed E-state index contributed by atoms with van der Waals surface area (Å²) < 4.78 is 37.4. The molecule has 0 aromatic carbocycles. The van der Waals surface area contributed by atoms with Crippen LogP contribution in [0.3, 0.4) is 0 Å². The van der Waals surface area contributed by atoms with Crippen molar-refractivity contribution in [2.24, 2.45) is 11.8 Å². The number of aliphatic hydroxyl groups excluding tert-OH is 1. The fourth-order valence-electron chi connectivity index (χ4n) is 3.76. The van der Waals surface area contributed by atoms with Gasteiger partial charge >= 0.3 is 6.18 Å². The van der Waals surface area contributed by atoms with E-state index in [2.05, 4.69) is 20.2 Å². The van der Waals surface area contributed by atoms with Crippen molar-refractivity contribution < 1.29 is 18.3 Å². The molecule has 0 saturated carbocycles. The van der Waals surface area contributed by atoms with Gasteiger partial charge in [0.25, 0.3) is 0 Å². The standard InChI is InChI=1S/C17H26F3N5O/c18-17(19,20)11-24-5-3-13(8-24)7-21-15-6-16(23-12-22-15)25-4-1-2-14(9-25)10-26/h6,12-14,26H,1-5,7-11H2,(H,21,22,23). The Bertz CT molecular complexity index is 586. The van der Waals surface area contributed by atoms with Gasteiger partial charge in [0.1, 0.15) is 18.0 Å². The summed E-state index contributed by atoms with van der Waals surface area (Å²) in [4.78, 5) is 12.2. The third-order valence-corrected chi connectivity index (χ3v) is 5.10. The number of anilines is 2. The van der Waals surface area contributed by atoms with Gasteiger partial charge in [0, 0.05) is 38.9 Å². The van der Waals surface area contributed by atoms with Gasteiger partial charge < -0.3 is 15.3 Å². The number of hydrogen-bond donors (Lipinski definition) is 2. The molecular formula is C17H26F3N5O. The average Bonchev–Trinajstić information content (AvgIpc) is 3.06. The Morgan fingerprint density at radius 3 is 2.77 bits per heavy atom. The highest BCUT2D eigenvalue weighted by molar-refractivity contribution is 5.48. The van der Waals surface area contributed by atoms with Crippen LogP contribution in [0, 0.1) is 11.8 Å². The second kappa shape index (κ2) is 8.39. The molecule has 3 rings (SSSR count). The molecule has 0 amide bonds. The fourth-order valence-corrected chi connectivity index (χ4v) is 3.76. The zero-order valence-corrected chi connectivity index (χ0v) is 14.8. The number of nitrogens with one attached hydrogen (secondary N) is 1. The van der Waals surface area contributed by atoms with Gasteiger partial charge in [-0.25, -0.2) is 9.97 Å². The molecule has 2 unspecified atom stereocenters. The van der Waals surface area contributed by atoms with E-state index in [1.807, 2.05) is 6.07 Å². The summed E-state index contributed by atoms with van der Waals surface area (Å²) in [6, 6.07) is 1.88. The van der Waals surface area contributed by atoms with Crippen LogP contribution in [0.2, 0.25) is 0 Å². The Kier molecular flexibility index (Phi) is 6.18. The minimum absolute atomic E-state index is 0.183. The lowest BCUT2D eigenvalue weighted by atomic mass is 9.99. The van der Waals surface area contributed by atoms with E-state index in [4.69, 9.17) is 0 Å². The second-order valence-electron chi connectivity index (χ2n) is 7.28. The molecule has 2 saturated heterocycles. The number of halogens is 3. The van der Waals surface area contributed by atoms with E-state index >= 15 is 0 Å². The number of nitrogens with zero attached hydrogens (tertiary/aromatic N) is 4. The second-order valence-corrected chi connectivity index (χ2v) is 7.28. The van der Waals surface area contributed by atoms with Gasteiger partial charge in [-0.3, -0.25) is 4.90 Å². The molecule has 146 valence electrons. The molecule has 0 spiro atoms. The molecular weight excluding hydrogens is 347 g/mol. The summed E-state index contributed by atoms with van der Waals surface area (Å²) in [5.41, 5.74) is 0. The first-order valence-electron chi connectivity index (χ1n) is 9.14. The molecule has 2 aliphatic heterocycles. The van der Waals surface area contributed by atoms with Crippen molar-refractivity contribution in [1.29, 1.82) is 0 Å². The van der Waals surface area contributed by atoms with Gasteiger partial charge in [-0.2, -0.15) is 13.2 Å². The normalized spacial score (nSPS) is 24.8. The molecule has 0 radical (unpaired) electrons. The van der Waals surface area contributed by atoms with Crippen LogP contribution in [0.5, 0.6) is 0 Å². The van der Waals surface area contributed by atoms with Crippen molar-refractivity contribution in [3.05, 3.63) is 12.4 Å². The van der Waals surface area contributed by atoms with Crippen LogP contribution in [-0.4, -0.2) is 72.0 Å². The first-order valence-corrected chi connectivity index (χ1v) is 9.14. The highest BCUT2D eigenvalue weighted by Gasteiger charge is 2.34. The number of piperidine rings is 1. The van der Waals surface area contributed by atoms with Crippen molar-refractivity contribution >= 4 is 11.6 Å². The Morgan fingerprint density at radius 2 is 2.00 bits per heavy atom. The number of hydrogen-bond acceptors (Lipinski definition) is 6. The Balaban J connectivity index is 1.50. The molecule has 1 aromatic heterocycles. The lowest BCUT2D eigenvalue weighted by molar-refractivity contribution is -0.143. The zero-order valence-electron chi connectivity index (χ0n) is 14.8. The third-order valence-electron chi connectivity index (χ3n) is 5.10. The minimum Gasteiger partial charge on any atom is -0.396 e. The minimum atomic E-state index is -4.13. The maximum absolute atomic E-state index is 12.5. The smallest absolute Gasteiger partial charge is 0.396 e. The molecule has 2 fully saturated rings. The first-order chi connectivity index (χ1) is 12.4. The fraction of sp³-hybridized carbons (Fsp3) is 0.765. The number of aromatic nitrogens is 2. The molecule has 0 bridgehead atoms. The number of rotatable bonds is 6. The predicted molar refractivity (Wildman–Crippen MR) is 93.1 cm³/mol. The van der Waals surface area contributed by atoms with Crippen LogP contribution >= 0.6 is 0 Å². The summed E-state index contributed by atoms with van der Waals surface area (Å²) in [5.74, 6) is 1.97. The molecule has 2 atom stereocenters. The van der Waals surface area contributed by atoms with Crippen LogP contribution in [-0.2, 0) is 0 Å². The molecule has 1 aromatic rings. The van der Waals surface area contributed by atoms with E-state index in [9.17, 15) is 18.3 Å². The van der Waals surface area contributed by atoms with Gasteiger partial charge in [0.05, 0.1) is 6.54 Å². The van der Waals surface area contributed by atoms with Crippen LogP contribution in [0.4, 0.5) is 24.8 Å². The quantitative estimate of drug-likeness (QED) is 0.795.